The summed E-state index contributed by atoms with van der Waals surface area (Å²) in [4.78, 5) is 24.9. The number of hydrogen-bond donors (Lipinski definition) is 1. The Morgan fingerprint density at radius 2 is 2.11 bits per heavy atom. The molecule has 1 aliphatic rings. The van der Waals surface area contributed by atoms with Gasteiger partial charge >= 0.3 is 5.97 Å². The number of aliphatic carboxylic acids is 1. The first kappa shape index (κ1) is 13.6. The van der Waals surface area contributed by atoms with E-state index in [1.807, 2.05) is 20.8 Å². The van der Waals surface area contributed by atoms with E-state index < -0.39 is 11.9 Å². The van der Waals surface area contributed by atoms with Crippen molar-refractivity contribution in [2.45, 2.75) is 26.8 Å². The zero-order chi connectivity index (χ0) is 14.2. The van der Waals surface area contributed by atoms with Gasteiger partial charge in [0.05, 0.1) is 5.92 Å². The molecule has 6 heteroatoms. The first-order valence-electron chi connectivity index (χ1n) is 6.47. The van der Waals surface area contributed by atoms with Crippen LogP contribution in [-0.4, -0.2) is 44.8 Å². The molecule has 0 aliphatic carbocycles. The molecule has 1 aliphatic heterocycles. The first-order chi connectivity index (χ1) is 8.90. The fraction of sp³-hybridized carbons (Fsp3) is 0.615. The van der Waals surface area contributed by atoms with Gasteiger partial charge in [0.25, 0.3) is 5.91 Å². The van der Waals surface area contributed by atoms with Crippen LogP contribution in [0.1, 0.15) is 37.3 Å². The Bertz CT molecular complexity index is 495. The Balaban J connectivity index is 2.10. The minimum absolute atomic E-state index is 0.0198. The summed E-state index contributed by atoms with van der Waals surface area (Å²) in [5.41, 5.74) is 0.381. The van der Waals surface area contributed by atoms with Crippen molar-refractivity contribution in [3.05, 3.63) is 18.0 Å². The van der Waals surface area contributed by atoms with Crippen molar-refractivity contribution >= 4 is 11.9 Å². The predicted molar refractivity (Wildman–Crippen MR) is 68.8 cm³/mol. The average Bonchev–Trinajstić information content (AvgIpc) is 2.94. The minimum atomic E-state index is -0.837. The lowest BCUT2D eigenvalue weighted by Crippen LogP contribution is -2.30. The van der Waals surface area contributed by atoms with Gasteiger partial charge < -0.3 is 10.0 Å². The van der Waals surface area contributed by atoms with Crippen LogP contribution in [0.4, 0.5) is 0 Å². The second-order valence-electron chi connectivity index (χ2n) is 5.41. The highest BCUT2D eigenvalue weighted by molar-refractivity contribution is 5.93. The molecule has 0 saturated carbocycles. The maximum atomic E-state index is 12.3. The second-order valence-corrected chi connectivity index (χ2v) is 5.41. The van der Waals surface area contributed by atoms with Crippen LogP contribution in [0, 0.1) is 11.8 Å². The summed E-state index contributed by atoms with van der Waals surface area (Å²) < 4.78 is 1.72. The summed E-state index contributed by atoms with van der Waals surface area (Å²) in [5, 5.41) is 13.3. The molecule has 2 rings (SSSR count). The lowest BCUT2D eigenvalue weighted by Gasteiger charge is -2.14. The second kappa shape index (κ2) is 5.03. The van der Waals surface area contributed by atoms with Crippen molar-refractivity contribution in [1.29, 1.82) is 0 Å². The van der Waals surface area contributed by atoms with Crippen molar-refractivity contribution in [2.24, 2.45) is 11.8 Å². The van der Waals surface area contributed by atoms with Gasteiger partial charge in [-0.05, 0) is 25.8 Å². The van der Waals surface area contributed by atoms with E-state index in [4.69, 9.17) is 5.11 Å². The van der Waals surface area contributed by atoms with Crippen molar-refractivity contribution in [3.63, 3.8) is 0 Å². The molecule has 0 aromatic carbocycles. The van der Waals surface area contributed by atoms with Crippen LogP contribution in [0.15, 0.2) is 12.3 Å². The molecule has 1 saturated heterocycles. The van der Waals surface area contributed by atoms with Gasteiger partial charge in [0.15, 0.2) is 0 Å². The standard InChI is InChI=1S/C13H19N3O3/c1-8(2)16-5-4-11(14-16)12(17)15-6-9(3)10(7-15)13(18)19/h4-5,8-10H,6-7H2,1-3H3,(H,18,19)/t9-,10-/m1/s1. The van der Waals surface area contributed by atoms with Gasteiger partial charge in [0.1, 0.15) is 5.69 Å². The van der Waals surface area contributed by atoms with Gasteiger partial charge in [-0.2, -0.15) is 5.10 Å². The van der Waals surface area contributed by atoms with Crippen molar-refractivity contribution in [2.75, 3.05) is 13.1 Å². The Hall–Kier alpha value is -1.85. The molecule has 1 aromatic rings. The third-order valence-electron chi connectivity index (χ3n) is 3.57. The smallest absolute Gasteiger partial charge is 0.308 e. The molecule has 1 N–H and O–H groups in total. The van der Waals surface area contributed by atoms with Crippen LogP contribution < -0.4 is 0 Å². The monoisotopic (exact) mass is 265 g/mol. The topological polar surface area (TPSA) is 75.4 Å². The van der Waals surface area contributed by atoms with Crippen LogP contribution in [0.25, 0.3) is 0 Å². The Kier molecular flexibility index (Phi) is 3.59. The van der Waals surface area contributed by atoms with Crippen LogP contribution in [0.3, 0.4) is 0 Å². The van der Waals surface area contributed by atoms with Gasteiger partial charge in [0, 0.05) is 25.3 Å². The summed E-state index contributed by atoms with van der Waals surface area (Å²) >= 11 is 0. The summed E-state index contributed by atoms with van der Waals surface area (Å²) in [5.74, 6) is -1.52. The molecule has 0 spiro atoms. The molecule has 0 unspecified atom stereocenters. The molecule has 19 heavy (non-hydrogen) atoms. The van der Waals surface area contributed by atoms with Crippen LogP contribution in [0.5, 0.6) is 0 Å². The Morgan fingerprint density at radius 1 is 1.42 bits per heavy atom. The van der Waals surface area contributed by atoms with E-state index >= 15 is 0 Å². The summed E-state index contributed by atoms with van der Waals surface area (Å²) in [6, 6.07) is 1.88. The lowest BCUT2D eigenvalue weighted by atomic mass is 9.99. The van der Waals surface area contributed by atoms with Crippen LogP contribution in [-0.2, 0) is 4.79 Å². The van der Waals surface area contributed by atoms with Gasteiger partial charge in [-0.1, -0.05) is 6.92 Å². The highest BCUT2D eigenvalue weighted by atomic mass is 16.4. The van der Waals surface area contributed by atoms with E-state index in [2.05, 4.69) is 5.10 Å². The van der Waals surface area contributed by atoms with Crippen molar-refractivity contribution in [1.82, 2.24) is 14.7 Å². The average molecular weight is 265 g/mol. The molecule has 104 valence electrons. The van der Waals surface area contributed by atoms with Crippen LogP contribution >= 0.6 is 0 Å². The normalized spacial score (nSPS) is 23.1. The zero-order valence-electron chi connectivity index (χ0n) is 11.4. The number of aromatic nitrogens is 2. The number of hydrogen-bond acceptors (Lipinski definition) is 3. The quantitative estimate of drug-likeness (QED) is 0.892. The molecule has 1 amide bonds. The van der Waals surface area contributed by atoms with E-state index in [9.17, 15) is 9.59 Å². The van der Waals surface area contributed by atoms with E-state index in [1.165, 1.54) is 0 Å². The first-order valence-corrected chi connectivity index (χ1v) is 6.47. The van der Waals surface area contributed by atoms with Crippen molar-refractivity contribution in [3.8, 4) is 0 Å². The highest BCUT2D eigenvalue weighted by Gasteiger charge is 2.37. The Labute approximate surface area is 112 Å². The lowest BCUT2D eigenvalue weighted by molar-refractivity contribution is -0.142. The number of carboxylic acids is 1. The molecule has 2 atom stereocenters. The highest BCUT2D eigenvalue weighted by Crippen LogP contribution is 2.24. The number of rotatable bonds is 3. The SMILES string of the molecule is CC(C)n1ccc(C(=O)N2C[C@@H](C)[C@H](C(=O)O)C2)n1. The fourth-order valence-corrected chi connectivity index (χ4v) is 2.36. The molecule has 6 nitrogen and oxygen atoms in total. The van der Waals surface area contributed by atoms with E-state index in [1.54, 1.807) is 21.8 Å². The van der Waals surface area contributed by atoms with E-state index in [0.29, 0.717) is 12.2 Å². The van der Waals surface area contributed by atoms with Gasteiger partial charge in [-0.25, -0.2) is 0 Å². The van der Waals surface area contributed by atoms with Gasteiger partial charge in [-0.3, -0.25) is 14.3 Å². The number of carboxylic acid groups (broad SMARTS) is 1. The van der Waals surface area contributed by atoms with Crippen molar-refractivity contribution < 1.29 is 14.7 Å². The molecule has 1 fully saturated rings. The number of likely N-dealkylation sites (tertiary alicyclic amines) is 1. The number of nitrogens with zero attached hydrogens (tertiary/aromatic N) is 3. The molecule has 0 radical (unpaired) electrons. The number of amides is 1. The minimum Gasteiger partial charge on any atom is -0.481 e. The third kappa shape index (κ3) is 2.62. The summed E-state index contributed by atoms with van der Waals surface area (Å²) in [6.45, 7) is 6.58. The van der Waals surface area contributed by atoms with E-state index in [-0.39, 0.29) is 24.4 Å². The summed E-state index contributed by atoms with van der Waals surface area (Å²) in [7, 11) is 0. The Morgan fingerprint density at radius 3 is 2.58 bits per heavy atom. The van der Waals surface area contributed by atoms with Gasteiger partial charge in [-0.15, -0.1) is 0 Å². The fourth-order valence-electron chi connectivity index (χ4n) is 2.36. The largest absolute Gasteiger partial charge is 0.481 e. The maximum absolute atomic E-state index is 12.3. The summed E-state index contributed by atoms with van der Waals surface area (Å²) in [6.07, 6.45) is 1.77. The third-order valence-corrected chi connectivity index (χ3v) is 3.57. The molecule has 2 heterocycles. The number of carbonyl (C=O) groups excluding carboxylic acids is 1. The van der Waals surface area contributed by atoms with Gasteiger partial charge in [0.2, 0.25) is 0 Å². The molecular weight excluding hydrogens is 246 g/mol. The zero-order valence-corrected chi connectivity index (χ0v) is 11.4. The van der Waals surface area contributed by atoms with E-state index in [0.717, 1.165) is 0 Å². The predicted octanol–water partition coefficient (Wildman–Crippen LogP) is 1.26. The molecule has 0 bridgehead atoms. The molecular formula is C13H19N3O3. The van der Waals surface area contributed by atoms with Crippen LogP contribution in [0.2, 0.25) is 0 Å². The number of carbonyl (C=O) groups is 2. The molecule has 1 aromatic heterocycles. The maximum Gasteiger partial charge on any atom is 0.308 e.